The van der Waals surface area contributed by atoms with E-state index in [-0.39, 0.29) is 5.92 Å². The number of ether oxygens (including phenoxy) is 1. The summed E-state index contributed by atoms with van der Waals surface area (Å²) in [6.07, 6.45) is 4.15. The first kappa shape index (κ1) is 13.7. The van der Waals surface area contributed by atoms with E-state index < -0.39 is 0 Å². The first-order valence-electron chi connectivity index (χ1n) is 6.99. The lowest BCUT2D eigenvalue weighted by Gasteiger charge is -2.18. The quantitative estimate of drug-likeness (QED) is 0.847. The molecular formula is C14H16N4O3. The Morgan fingerprint density at radius 3 is 2.95 bits per heavy atom. The van der Waals surface area contributed by atoms with Gasteiger partial charge in [0, 0.05) is 24.8 Å². The third kappa shape index (κ3) is 3.07. The van der Waals surface area contributed by atoms with Crippen LogP contribution in [0.25, 0.3) is 11.5 Å². The van der Waals surface area contributed by atoms with Crippen LogP contribution in [0.4, 0.5) is 0 Å². The zero-order valence-electron chi connectivity index (χ0n) is 11.8. The van der Waals surface area contributed by atoms with Crippen molar-refractivity contribution in [1.29, 1.82) is 0 Å². The average Bonchev–Trinajstić information content (AvgIpc) is 2.98. The highest BCUT2D eigenvalue weighted by atomic mass is 16.5. The molecule has 7 heteroatoms. The first-order chi connectivity index (χ1) is 10.3. The summed E-state index contributed by atoms with van der Waals surface area (Å²) >= 11 is 0. The van der Waals surface area contributed by atoms with Crippen molar-refractivity contribution in [2.75, 3.05) is 7.11 Å². The van der Waals surface area contributed by atoms with Gasteiger partial charge in [-0.15, -0.1) is 10.2 Å². The second-order valence-corrected chi connectivity index (χ2v) is 5.09. The molecule has 2 aromatic heterocycles. The van der Waals surface area contributed by atoms with Crippen molar-refractivity contribution in [1.82, 2.24) is 20.3 Å². The number of carbonyl (C=O) groups excluding carboxylic acids is 1. The van der Waals surface area contributed by atoms with Crippen molar-refractivity contribution in [2.24, 2.45) is 5.92 Å². The van der Waals surface area contributed by atoms with Crippen LogP contribution in [0, 0.1) is 5.92 Å². The highest BCUT2D eigenvalue weighted by Crippen LogP contribution is 2.24. The van der Waals surface area contributed by atoms with Crippen LogP contribution in [0.1, 0.15) is 31.6 Å². The highest BCUT2D eigenvalue weighted by molar-refractivity contribution is 5.81. The Morgan fingerprint density at radius 2 is 2.24 bits per heavy atom. The van der Waals surface area contributed by atoms with Crippen LogP contribution < -0.4 is 4.74 Å². The van der Waals surface area contributed by atoms with Crippen LogP contribution in [0.5, 0.6) is 5.88 Å². The predicted octanol–water partition coefficient (Wildman–Crippen LogP) is 1.84. The Kier molecular flexibility index (Phi) is 3.89. The van der Waals surface area contributed by atoms with E-state index >= 15 is 0 Å². The number of aromatic nitrogens is 4. The van der Waals surface area contributed by atoms with Gasteiger partial charge >= 0.3 is 0 Å². The fourth-order valence-electron chi connectivity index (χ4n) is 2.47. The predicted molar refractivity (Wildman–Crippen MR) is 72.5 cm³/mol. The number of rotatable bonds is 4. The Labute approximate surface area is 121 Å². The molecule has 1 fully saturated rings. The molecule has 0 aliphatic heterocycles. The minimum Gasteiger partial charge on any atom is -0.480 e. The Hall–Kier alpha value is -2.31. The summed E-state index contributed by atoms with van der Waals surface area (Å²) < 4.78 is 10.2. The lowest BCUT2D eigenvalue weighted by atomic mass is 9.86. The number of hydrogen-bond donors (Lipinski definition) is 0. The normalized spacial score (nSPS) is 18.7. The molecule has 21 heavy (non-hydrogen) atoms. The Balaban J connectivity index is 1.71. The summed E-state index contributed by atoms with van der Waals surface area (Å²) in [7, 11) is 1.53. The van der Waals surface area contributed by atoms with Crippen molar-refractivity contribution >= 4 is 5.78 Å². The second-order valence-electron chi connectivity index (χ2n) is 5.09. The van der Waals surface area contributed by atoms with E-state index in [1.54, 1.807) is 12.1 Å². The SMILES string of the molecule is COc1ccc(-c2noc(CC3CCCCC3=O)n2)nn1. The van der Waals surface area contributed by atoms with Crippen LogP contribution >= 0.6 is 0 Å². The number of methoxy groups -OCH3 is 1. The number of nitrogens with zero attached hydrogens (tertiary/aromatic N) is 4. The molecule has 7 nitrogen and oxygen atoms in total. The lowest BCUT2D eigenvalue weighted by Crippen LogP contribution is -2.21. The minimum atomic E-state index is 0.00833. The largest absolute Gasteiger partial charge is 0.480 e. The summed E-state index contributed by atoms with van der Waals surface area (Å²) in [6, 6.07) is 3.40. The Bertz CT molecular complexity index is 623. The first-order valence-corrected chi connectivity index (χ1v) is 6.99. The molecule has 110 valence electrons. The van der Waals surface area contributed by atoms with Crippen LogP contribution in [0.15, 0.2) is 16.7 Å². The average molecular weight is 288 g/mol. The van der Waals surface area contributed by atoms with Gasteiger partial charge in [0.25, 0.3) is 0 Å². The maximum absolute atomic E-state index is 11.8. The minimum absolute atomic E-state index is 0.00833. The molecule has 0 N–H and O–H groups in total. The summed E-state index contributed by atoms with van der Waals surface area (Å²) in [5.41, 5.74) is 0.515. The zero-order chi connectivity index (χ0) is 14.7. The van der Waals surface area contributed by atoms with Gasteiger partial charge in [0.2, 0.25) is 17.6 Å². The summed E-state index contributed by atoms with van der Waals surface area (Å²) in [5.74, 6) is 1.58. The van der Waals surface area contributed by atoms with Gasteiger partial charge in [-0.1, -0.05) is 11.6 Å². The van der Waals surface area contributed by atoms with Gasteiger partial charge in [-0.25, -0.2) is 0 Å². The molecule has 1 saturated carbocycles. The third-order valence-electron chi connectivity index (χ3n) is 3.65. The van der Waals surface area contributed by atoms with Gasteiger partial charge in [-0.3, -0.25) is 4.79 Å². The van der Waals surface area contributed by atoms with Gasteiger partial charge in [0.1, 0.15) is 11.5 Å². The maximum Gasteiger partial charge on any atom is 0.233 e. The second kappa shape index (κ2) is 5.99. The fourth-order valence-corrected chi connectivity index (χ4v) is 2.47. The molecule has 1 atom stereocenters. The van der Waals surface area contributed by atoms with E-state index in [0.29, 0.717) is 41.9 Å². The monoisotopic (exact) mass is 288 g/mol. The fraction of sp³-hybridized carbons (Fsp3) is 0.500. The molecule has 3 rings (SSSR count). The van der Waals surface area contributed by atoms with Crippen LogP contribution in [0.3, 0.4) is 0 Å². The topological polar surface area (TPSA) is 91.0 Å². The summed E-state index contributed by atoms with van der Waals surface area (Å²) in [5, 5.41) is 11.7. The van der Waals surface area contributed by atoms with Gasteiger partial charge < -0.3 is 9.26 Å². The number of carbonyl (C=O) groups is 1. The number of ketones is 1. The van der Waals surface area contributed by atoms with E-state index in [0.717, 1.165) is 19.3 Å². The van der Waals surface area contributed by atoms with Crippen molar-refractivity contribution in [3.8, 4) is 17.4 Å². The van der Waals surface area contributed by atoms with Gasteiger partial charge in [0.05, 0.1) is 7.11 Å². The Morgan fingerprint density at radius 1 is 1.33 bits per heavy atom. The molecule has 1 aliphatic rings. The smallest absolute Gasteiger partial charge is 0.233 e. The van der Waals surface area contributed by atoms with E-state index in [2.05, 4.69) is 20.3 Å². The number of Topliss-reactive ketones (excluding diaryl/α,β-unsaturated/α-hetero) is 1. The van der Waals surface area contributed by atoms with Gasteiger partial charge in [0.15, 0.2) is 0 Å². The van der Waals surface area contributed by atoms with E-state index in [1.165, 1.54) is 7.11 Å². The van der Waals surface area contributed by atoms with Crippen LogP contribution in [-0.2, 0) is 11.2 Å². The summed E-state index contributed by atoms with van der Waals surface area (Å²) in [6.45, 7) is 0. The van der Waals surface area contributed by atoms with Crippen LogP contribution in [-0.4, -0.2) is 33.2 Å². The molecule has 2 heterocycles. The van der Waals surface area contributed by atoms with Crippen molar-refractivity contribution in [2.45, 2.75) is 32.1 Å². The summed E-state index contributed by atoms with van der Waals surface area (Å²) in [4.78, 5) is 16.1. The lowest BCUT2D eigenvalue weighted by molar-refractivity contribution is -0.124. The van der Waals surface area contributed by atoms with E-state index in [4.69, 9.17) is 9.26 Å². The van der Waals surface area contributed by atoms with Crippen molar-refractivity contribution in [3.63, 3.8) is 0 Å². The van der Waals surface area contributed by atoms with Crippen molar-refractivity contribution < 1.29 is 14.1 Å². The standard InChI is InChI=1S/C14H16N4O3/c1-20-12-7-6-10(16-17-12)14-15-13(21-18-14)8-9-4-2-3-5-11(9)19/h6-7,9H,2-5,8H2,1H3. The van der Waals surface area contributed by atoms with E-state index in [1.807, 2.05) is 0 Å². The molecule has 0 spiro atoms. The van der Waals surface area contributed by atoms with E-state index in [9.17, 15) is 4.79 Å². The molecule has 2 aromatic rings. The van der Waals surface area contributed by atoms with Crippen molar-refractivity contribution in [3.05, 3.63) is 18.0 Å². The molecular weight excluding hydrogens is 272 g/mol. The molecule has 0 amide bonds. The third-order valence-corrected chi connectivity index (χ3v) is 3.65. The zero-order valence-corrected chi connectivity index (χ0v) is 11.8. The molecule has 0 saturated heterocycles. The highest BCUT2D eigenvalue weighted by Gasteiger charge is 2.25. The molecule has 0 aromatic carbocycles. The molecule has 0 bridgehead atoms. The molecule has 0 radical (unpaired) electrons. The van der Waals surface area contributed by atoms with Gasteiger partial charge in [-0.05, 0) is 18.9 Å². The van der Waals surface area contributed by atoms with Gasteiger partial charge in [-0.2, -0.15) is 4.98 Å². The maximum atomic E-state index is 11.8. The molecule has 1 unspecified atom stereocenters. The molecule has 1 aliphatic carbocycles. The van der Waals surface area contributed by atoms with Crippen LogP contribution in [0.2, 0.25) is 0 Å². The number of hydrogen-bond acceptors (Lipinski definition) is 7.